The average Bonchev–Trinajstić information content (AvgIpc) is 3.39. The maximum Gasteiger partial charge on any atom is 0.265 e. The third kappa shape index (κ3) is 14.7. The first-order chi connectivity index (χ1) is 37.3. The molecule has 0 spiro atoms. The zero-order valence-electron chi connectivity index (χ0n) is 44.1. The number of hydrogen-bond donors (Lipinski definition) is 3. The third-order valence-corrected chi connectivity index (χ3v) is 17.9. The number of fused-ring (bicyclic) bond motifs is 2. The lowest BCUT2D eigenvalue weighted by atomic mass is 9.84. The second-order valence-electron chi connectivity index (χ2n) is 21.5. The topological polar surface area (TPSA) is 252 Å². The van der Waals surface area contributed by atoms with E-state index in [1.165, 1.54) is 33.7 Å². The van der Waals surface area contributed by atoms with E-state index in [-0.39, 0.29) is 95.8 Å². The van der Waals surface area contributed by atoms with Crippen molar-refractivity contribution in [1.29, 1.82) is 0 Å². The Kier molecular flexibility index (Phi) is 17.9. The van der Waals surface area contributed by atoms with Crippen molar-refractivity contribution in [2.45, 2.75) is 53.9 Å². The summed E-state index contributed by atoms with van der Waals surface area (Å²) in [5.74, 6) is -0.930. The van der Waals surface area contributed by atoms with Gasteiger partial charge in [0.1, 0.15) is 35.5 Å². The van der Waals surface area contributed by atoms with Crippen LogP contribution < -0.4 is 32.0 Å². The van der Waals surface area contributed by atoms with Gasteiger partial charge in [-0.05, 0) is 70.5 Å². The molecule has 0 saturated carbocycles. The Morgan fingerprint density at radius 3 is 1.41 bits per heavy atom. The normalized spacial score (nSPS) is 17.7. The van der Waals surface area contributed by atoms with Gasteiger partial charge in [-0.25, -0.2) is 26.8 Å². The van der Waals surface area contributed by atoms with Crippen molar-refractivity contribution in [1.82, 2.24) is 44.9 Å². The van der Waals surface area contributed by atoms with Gasteiger partial charge in [0.15, 0.2) is 19.7 Å². The van der Waals surface area contributed by atoms with Crippen LogP contribution in [0.15, 0.2) is 94.8 Å². The van der Waals surface area contributed by atoms with Gasteiger partial charge in [0, 0.05) is 104 Å². The summed E-state index contributed by atoms with van der Waals surface area (Å²) < 4.78 is 47.7. The highest BCUT2D eigenvalue weighted by atomic mass is 35.5. The van der Waals surface area contributed by atoms with Gasteiger partial charge < -0.3 is 30.7 Å². The van der Waals surface area contributed by atoms with Crippen molar-refractivity contribution in [3.8, 4) is 0 Å². The van der Waals surface area contributed by atoms with E-state index in [0.29, 0.717) is 82.3 Å². The molecule has 4 aromatic heterocycles. The summed E-state index contributed by atoms with van der Waals surface area (Å²) in [6.45, 7) is 12.4. The van der Waals surface area contributed by atoms with Crippen LogP contribution in [-0.2, 0) is 55.4 Å². The second kappa shape index (κ2) is 24.1. The van der Waals surface area contributed by atoms with Crippen LogP contribution in [0.5, 0.6) is 0 Å². The lowest BCUT2D eigenvalue weighted by Gasteiger charge is -2.45. The van der Waals surface area contributed by atoms with Gasteiger partial charge in [-0.3, -0.25) is 37.9 Å². The van der Waals surface area contributed by atoms with Crippen LogP contribution in [0.25, 0.3) is 22.1 Å². The summed E-state index contributed by atoms with van der Waals surface area (Å²) in [5, 5.41) is 10.9. The monoisotopic (exact) mass is 1180 g/mol. The number of rotatable bonds is 11. The van der Waals surface area contributed by atoms with Crippen LogP contribution in [0.3, 0.4) is 0 Å². The molecule has 4 aliphatic heterocycles. The molecular weight excluding hydrogens is 1120 g/mol. The Morgan fingerprint density at radius 2 is 0.987 bits per heavy atom. The number of nitrogens with zero attached hydrogens (tertiary/aromatic N) is 7. The lowest BCUT2D eigenvalue weighted by Crippen LogP contribution is -2.56. The molecule has 4 amide bonds. The Morgan fingerprint density at radius 1 is 0.582 bits per heavy atom. The van der Waals surface area contributed by atoms with E-state index in [4.69, 9.17) is 34.8 Å². The number of carbonyl (C=O) groups excluding carboxylic acids is 4. The number of sulfone groups is 2. The minimum absolute atomic E-state index is 0.00806. The molecule has 0 aliphatic carbocycles. The van der Waals surface area contributed by atoms with Crippen molar-refractivity contribution in [2.75, 3.05) is 80.3 Å². The molecule has 2 aromatic carbocycles. The van der Waals surface area contributed by atoms with Crippen molar-refractivity contribution in [3.05, 3.63) is 143 Å². The molecule has 4 saturated heterocycles. The second-order valence-corrected chi connectivity index (χ2v) is 27.4. The summed E-state index contributed by atoms with van der Waals surface area (Å²) in [7, 11) is -5.76. The van der Waals surface area contributed by atoms with Gasteiger partial charge >= 0.3 is 0 Å². The Hall–Kier alpha value is -6.43. The predicted molar refractivity (Wildman–Crippen MR) is 305 cm³/mol. The van der Waals surface area contributed by atoms with Crippen LogP contribution in [0, 0.1) is 10.8 Å². The van der Waals surface area contributed by atoms with Crippen LogP contribution in [-0.4, -0.2) is 145 Å². The number of likely N-dealkylation sites (tertiary alicyclic amines) is 2. The van der Waals surface area contributed by atoms with Gasteiger partial charge in [-0.1, -0.05) is 86.8 Å². The quantitative estimate of drug-likeness (QED) is 0.161. The molecule has 25 heteroatoms. The molecule has 3 N–H and O–H groups in total. The number of halogens is 3. The standard InChI is InChI=1S/C27H30ClN5O5S.C23H22Cl2N4O3.C4H9NO2S/c1-27(2)16-32(17-27)23(34)15-33-24-20(22(7-8-29-24)31-9-11-39(37,38)12-10-31)13-21(26(33)36)25(35)30-14-18-3-5-19(28)6-4-18;1-23(2)12-28(13-23)19(30)11-29-20-16(18(25)7-8-26-20)9-17(22(29)32)21(31)27-10-14-3-5-15(24)6-4-14;6-8(7)3-1-5-2-4-8/h3-8,13H,9-12,14-17H2,1-2H3,(H,30,35);3-9H,10-13H2,1-2H3,(H,27,31);5H,1-4H2. The van der Waals surface area contributed by atoms with Gasteiger partial charge in [-0.2, -0.15) is 0 Å². The molecule has 0 atom stereocenters. The SMILES string of the molecule is CC1(C)CN(C(=O)Cn2c(=O)c(C(=O)NCc3ccc(Cl)cc3)cc3c(Cl)ccnc32)C1.CC1(C)CN(C(=O)Cn2c(=O)c(C(=O)NCc3ccc(Cl)cc3)cc3c(N4CCS(=O)(=O)CC4)ccnc32)C1.O=S1(=O)CCNCC1. The highest BCUT2D eigenvalue weighted by Crippen LogP contribution is 2.31. The number of hydrogen-bond acceptors (Lipinski definition) is 14. The van der Waals surface area contributed by atoms with Crippen LogP contribution in [0.4, 0.5) is 5.69 Å². The molecular formula is C54H61Cl3N10O10S2. The molecule has 0 radical (unpaired) electrons. The third-order valence-electron chi connectivity index (χ3n) is 13.8. The number of pyridine rings is 4. The number of nitrogens with one attached hydrogen (secondary N) is 3. The van der Waals surface area contributed by atoms with E-state index < -0.39 is 42.6 Å². The number of carbonyl (C=O) groups is 4. The number of anilines is 1. The smallest absolute Gasteiger partial charge is 0.265 e. The summed E-state index contributed by atoms with van der Waals surface area (Å²) in [5.41, 5.74) is 1.50. The van der Waals surface area contributed by atoms with Crippen molar-refractivity contribution in [2.24, 2.45) is 10.8 Å². The maximum absolute atomic E-state index is 13.6. The first-order valence-electron chi connectivity index (χ1n) is 25.5. The molecule has 8 heterocycles. The number of amides is 4. The van der Waals surface area contributed by atoms with E-state index >= 15 is 0 Å². The molecule has 0 unspecified atom stereocenters. The van der Waals surface area contributed by atoms with Crippen molar-refractivity contribution >= 4 is 106 Å². The van der Waals surface area contributed by atoms with Gasteiger partial charge in [-0.15, -0.1) is 0 Å². The molecule has 4 aliphatic rings. The van der Waals surface area contributed by atoms with Crippen molar-refractivity contribution in [3.63, 3.8) is 0 Å². The Bertz CT molecular complexity index is 3650. The molecule has 420 valence electrons. The predicted octanol–water partition coefficient (Wildman–Crippen LogP) is 4.59. The van der Waals surface area contributed by atoms with Crippen LogP contribution in [0.2, 0.25) is 15.1 Å². The van der Waals surface area contributed by atoms with Gasteiger partial charge in [0.25, 0.3) is 22.9 Å². The summed E-state index contributed by atoms with van der Waals surface area (Å²) >= 11 is 18.2. The highest BCUT2D eigenvalue weighted by molar-refractivity contribution is 7.91. The highest BCUT2D eigenvalue weighted by Gasteiger charge is 2.39. The van der Waals surface area contributed by atoms with Crippen LogP contribution >= 0.6 is 34.8 Å². The molecule has 6 aromatic rings. The first-order valence-corrected chi connectivity index (χ1v) is 30.2. The molecule has 4 fully saturated rings. The summed E-state index contributed by atoms with van der Waals surface area (Å²) in [6, 6.07) is 20.2. The first kappa shape index (κ1) is 58.7. The van der Waals surface area contributed by atoms with E-state index in [9.17, 15) is 45.6 Å². The minimum atomic E-state index is -3.12. The fourth-order valence-electron chi connectivity index (χ4n) is 9.58. The summed E-state index contributed by atoms with van der Waals surface area (Å²) in [4.78, 5) is 92.8. The molecule has 10 rings (SSSR count). The fraction of sp³-hybridized carbons (Fsp3) is 0.407. The average molecular weight is 1180 g/mol. The zero-order chi connectivity index (χ0) is 57.0. The number of aromatic nitrogens is 4. The summed E-state index contributed by atoms with van der Waals surface area (Å²) in [6.07, 6.45) is 3.01. The lowest BCUT2D eigenvalue weighted by molar-refractivity contribution is -0.142. The molecule has 79 heavy (non-hydrogen) atoms. The number of benzene rings is 2. The minimum Gasteiger partial charge on any atom is -0.369 e. The van der Waals surface area contributed by atoms with Gasteiger partial charge in [0.2, 0.25) is 11.8 Å². The molecule has 0 bridgehead atoms. The largest absolute Gasteiger partial charge is 0.369 e. The van der Waals surface area contributed by atoms with Gasteiger partial charge in [0.05, 0.1) is 28.0 Å². The van der Waals surface area contributed by atoms with Crippen LogP contribution in [0.1, 0.15) is 59.5 Å². The maximum atomic E-state index is 13.6. The molecule has 20 nitrogen and oxygen atoms in total. The van der Waals surface area contributed by atoms with Crippen molar-refractivity contribution < 1.29 is 36.0 Å². The van der Waals surface area contributed by atoms with E-state index in [2.05, 4.69) is 53.6 Å². The fourth-order valence-corrected chi connectivity index (χ4v) is 12.3. The Labute approximate surface area is 472 Å². The van der Waals surface area contributed by atoms with E-state index in [1.54, 1.807) is 70.5 Å². The zero-order valence-corrected chi connectivity index (χ0v) is 48.0. The van der Waals surface area contributed by atoms with E-state index in [1.807, 2.05) is 4.90 Å². The van der Waals surface area contributed by atoms with E-state index in [0.717, 1.165) is 11.1 Å². The Balaban J connectivity index is 0.000000185.